The summed E-state index contributed by atoms with van der Waals surface area (Å²) in [6.07, 6.45) is 3.59. The van der Waals surface area contributed by atoms with Crippen molar-refractivity contribution in [1.82, 2.24) is 4.98 Å². The quantitative estimate of drug-likeness (QED) is 0.447. The Morgan fingerprint density at radius 3 is 2.23 bits per heavy atom. The lowest BCUT2D eigenvalue weighted by Gasteiger charge is -2.13. The highest BCUT2D eigenvalue weighted by molar-refractivity contribution is 7.92. The van der Waals surface area contributed by atoms with Crippen molar-refractivity contribution in [2.45, 2.75) is 18.7 Å². The predicted molar refractivity (Wildman–Crippen MR) is 122 cm³/mol. The second-order valence-electron chi connectivity index (χ2n) is 7.22. The number of aromatic nitrogens is 1. The van der Waals surface area contributed by atoms with Gasteiger partial charge in [0.1, 0.15) is 0 Å². The molecule has 30 heavy (non-hydrogen) atoms. The van der Waals surface area contributed by atoms with Crippen LogP contribution in [0, 0.1) is 13.8 Å². The number of nitrogens with one attached hydrogen (secondary N) is 1. The Hall–Kier alpha value is -3.44. The van der Waals surface area contributed by atoms with Gasteiger partial charge in [0.05, 0.1) is 4.90 Å². The summed E-state index contributed by atoms with van der Waals surface area (Å²) < 4.78 is 28.7. The van der Waals surface area contributed by atoms with E-state index in [4.69, 9.17) is 0 Å². The standard InChI is InChI=1S/C25H22N2O2S/c1-18-13-14-26-17-25(18)24-12-11-22(15-19(24)2)27-30(28,29)23-10-6-9-21(16-23)20-7-4-3-5-8-20/h3-17,27H,1-2H3. The van der Waals surface area contributed by atoms with Gasteiger partial charge in [0.25, 0.3) is 10.0 Å². The van der Waals surface area contributed by atoms with E-state index in [1.54, 1.807) is 30.5 Å². The third-order valence-electron chi connectivity index (χ3n) is 5.06. The van der Waals surface area contributed by atoms with Gasteiger partial charge < -0.3 is 0 Å². The van der Waals surface area contributed by atoms with Gasteiger partial charge in [0.15, 0.2) is 0 Å². The highest BCUT2D eigenvalue weighted by Crippen LogP contribution is 2.29. The molecule has 0 atom stereocenters. The molecule has 0 radical (unpaired) electrons. The van der Waals surface area contributed by atoms with Gasteiger partial charge >= 0.3 is 0 Å². The maximum Gasteiger partial charge on any atom is 0.261 e. The van der Waals surface area contributed by atoms with Crippen LogP contribution in [0.5, 0.6) is 0 Å². The molecule has 0 saturated carbocycles. The minimum atomic E-state index is -3.71. The number of benzene rings is 3. The summed E-state index contributed by atoms with van der Waals surface area (Å²) >= 11 is 0. The third-order valence-corrected chi connectivity index (χ3v) is 6.44. The smallest absolute Gasteiger partial charge is 0.261 e. The molecule has 0 spiro atoms. The van der Waals surface area contributed by atoms with Crippen LogP contribution in [0.2, 0.25) is 0 Å². The van der Waals surface area contributed by atoms with Crippen molar-refractivity contribution >= 4 is 15.7 Å². The molecule has 150 valence electrons. The van der Waals surface area contributed by atoms with E-state index < -0.39 is 10.0 Å². The molecule has 4 aromatic rings. The molecular formula is C25H22N2O2S. The summed E-state index contributed by atoms with van der Waals surface area (Å²) in [6, 6.07) is 24.2. The number of anilines is 1. The van der Waals surface area contributed by atoms with E-state index in [-0.39, 0.29) is 4.90 Å². The van der Waals surface area contributed by atoms with Crippen molar-refractivity contribution in [1.29, 1.82) is 0 Å². The fraction of sp³-hybridized carbons (Fsp3) is 0.0800. The molecule has 0 fully saturated rings. The maximum atomic E-state index is 13.0. The molecule has 0 aliphatic rings. The van der Waals surface area contributed by atoms with E-state index in [9.17, 15) is 8.42 Å². The van der Waals surface area contributed by atoms with Crippen LogP contribution in [0.15, 0.2) is 96.2 Å². The van der Waals surface area contributed by atoms with Crippen LogP contribution in [-0.2, 0) is 10.0 Å². The van der Waals surface area contributed by atoms with Crippen molar-refractivity contribution in [2.24, 2.45) is 0 Å². The Balaban J connectivity index is 1.63. The van der Waals surface area contributed by atoms with Crippen LogP contribution < -0.4 is 4.72 Å². The second kappa shape index (κ2) is 8.13. The van der Waals surface area contributed by atoms with Crippen LogP contribution >= 0.6 is 0 Å². The number of aryl methyl sites for hydroxylation is 2. The topological polar surface area (TPSA) is 59.1 Å². The lowest BCUT2D eigenvalue weighted by molar-refractivity contribution is 0.601. The number of pyridine rings is 1. The Kier molecular flexibility index (Phi) is 5.38. The molecule has 4 nitrogen and oxygen atoms in total. The molecular weight excluding hydrogens is 392 g/mol. The first-order chi connectivity index (χ1) is 14.4. The van der Waals surface area contributed by atoms with Crippen molar-refractivity contribution in [3.63, 3.8) is 0 Å². The van der Waals surface area contributed by atoms with Crippen LogP contribution in [0.3, 0.4) is 0 Å². The predicted octanol–water partition coefficient (Wildman–Crippen LogP) is 5.83. The first-order valence-corrected chi connectivity index (χ1v) is 11.1. The zero-order valence-electron chi connectivity index (χ0n) is 16.8. The van der Waals surface area contributed by atoms with Crippen molar-refractivity contribution in [3.05, 3.63) is 102 Å². The van der Waals surface area contributed by atoms with E-state index in [2.05, 4.69) is 9.71 Å². The first-order valence-electron chi connectivity index (χ1n) is 9.64. The van der Waals surface area contributed by atoms with Crippen molar-refractivity contribution < 1.29 is 8.42 Å². The fourth-order valence-corrected chi connectivity index (χ4v) is 4.56. The highest BCUT2D eigenvalue weighted by atomic mass is 32.2. The zero-order chi connectivity index (χ0) is 21.1. The molecule has 3 aromatic carbocycles. The van der Waals surface area contributed by atoms with E-state index in [1.165, 1.54) is 0 Å². The number of nitrogens with zero attached hydrogens (tertiary/aromatic N) is 1. The molecule has 0 bridgehead atoms. The fourth-order valence-electron chi connectivity index (χ4n) is 3.46. The van der Waals surface area contributed by atoms with Gasteiger partial charge in [0.2, 0.25) is 0 Å². The largest absolute Gasteiger partial charge is 0.280 e. The summed E-state index contributed by atoms with van der Waals surface area (Å²) in [6.45, 7) is 4.00. The van der Waals surface area contributed by atoms with Crippen LogP contribution in [-0.4, -0.2) is 13.4 Å². The number of hydrogen-bond donors (Lipinski definition) is 1. The van der Waals surface area contributed by atoms with Gasteiger partial charge in [-0.1, -0.05) is 48.5 Å². The molecule has 5 heteroatoms. The summed E-state index contributed by atoms with van der Waals surface area (Å²) in [4.78, 5) is 4.44. The van der Waals surface area contributed by atoms with Gasteiger partial charge in [-0.15, -0.1) is 0 Å². The molecule has 1 heterocycles. The second-order valence-corrected chi connectivity index (χ2v) is 8.90. The Morgan fingerprint density at radius 2 is 1.50 bits per heavy atom. The summed E-state index contributed by atoms with van der Waals surface area (Å²) in [5.74, 6) is 0. The number of hydrogen-bond acceptors (Lipinski definition) is 3. The van der Waals surface area contributed by atoms with Crippen molar-refractivity contribution in [3.8, 4) is 22.3 Å². The molecule has 4 rings (SSSR count). The molecule has 0 unspecified atom stereocenters. The SMILES string of the molecule is Cc1cc(NS(=O)(=O)c2cccc(-c3ccccc3)c2)ccc1-c1cnccc1C. The molecule has 1 N–H and O–H groups in total. The molecule has 0 aliphatic carbocycles. The van der Waals surface area contributed by atoms with E-state index in [0.717, 1.165) is 33.4 Å². The monoisotopic (exact) mass is 414 g/mol. The van der Waals surface area contributed by atoms with Gasteiger partial charge in [-0.3, -0.25) is 9.71 Å². The highest BCUT2D eigenvalue weighted by Gasteiger charge is 2.16. The average molecular weight is 415 g/mol. The summed E-state index contributed by atoms with van der Waals surface area (Å²) in [5, 5.41) is 0. The summed E-state index contributed by atoms with van der Waals surface area (Å²) in [5.41, 5.74) is 6.54. The van der Waals surface area contributed by atoms with Gasteiger partial charge in [-0.05, 0) is 72.0 Å². The van der Waals surface area contributed by atoms with Gasteiger partial charge in [-0.2, -0.15) is 0 Å². The molecule has 0 aliphatic heterocycles. The zero-order valence-corrected chi connectivity index (χ0v) is 17.6. The third kappa shape index (κ3) is 4.11. The van der Waals surface area contributed by atoms with Crippen LogP contribution in [0.1, 0.15) is 11.1 Å². The van der Waals surface area contributed by atoms with Crippen molar-refractivity contribution in [2.75, 3.05) is 4.72 Å². The lowest BCUT2D eigenvalue weighted by Crippen LogP contribution is -2.13. The Labute approximate surface area is 177 Å². The van der Waals surface area contributed by atoms with Crippen LogP contribution in [0.25, 0.3) is 22.3 Å². The van der Waals surface area contributed by atoms with E-state index in [0.29, 0.717) is 5.69 Å². The average Bonchev–Trinajstić information content (AvgIpc) is 2.75. The Bertz CT molecular complexity index is 1300. The Morgan fingerprint density at radius 1 is 0.733 bits per heavy atom. The van der Waals surface area contributed by atoms with Gasteiger partial charge in [-0.25, -0.2) is 8.42 Å². The molecule has 1 aromatic heterocycles. The first kappa shape index (κ1) is 19.9. The van der Waals surface area contributed by atoms with Crippen LogP contribution in [0.4, 0.5) is 5.69 Å². The minimum Gasteiger partial charge on any atom is -0.280 e. The van der Waals surface area contributed by atoms with E-state index >= 15 is 0 Å². The normalized spacial score (nSPS) is 11.3. The maximum absolute atomic E-state index is 13.0. The minimum absolute atomic E-state index is 0.230. The lowest BCUT2D eigenvalue weighted by atomic mass is 9.98. The number of rotatable bonds is 5. The molecule has 0 amide bonds. The molecule has 0 saturated heterocycles. The summed E-state index contributed by atoms with van der Waals surface area (Å²) in [7, 11) is -3.71. The van der Waals surface area contributed by atoms with E-state index in [1.807, 2.05) is 74.6 Å². The number of sulfonamides is 1. The van der Waals surface area contributed by atoms with Gasteiger partial charge in [0, 0.05) is 23.6 Å².